The van der Waals surface area contributed by atoms with Crippen molar-refractivity contribution >= 4 is 27.5 Å². The Morgan fingerprint density at radius 2 is 1.72 bits per heavy atom. The Kier molecular flexibility index (Phi) is 3.65. The Morgan fingerprint density at radius 3 is 2.48 bits per heavy atom. The number of para-hydroxylation sites is 1. The second-order valence-corrected chi connectivity index (χ2v) is 7.11. The van der Waals surface area contributed by atoms with Crippen LogP contribution in [-0.4, -0.2) is 11.0 Å². The summed E-state index contributed by atoms with van der Waals surface area (Å²) < 4.78 is 0.822. The zero-order valence-corrected chi connectivity index (χ0v) is 15.2. The molecule has 124 valence electrons. The van der Waals surface area contributed by atoms with Crippen LogP contribution in [0.5, 0.6) is 5.75 Å². The molecule has 3 aromatic rings. The third kappa shape index (κ3) is 2.21. The number of fused-ring (bicyclic) bond motifs is 1. The fraction of sp³-hybridized carbons (Fsp3) is 0.0952. The number of phenolic OH excluding ortho intramolecular Hbond substituents is 1. The van der Waals surface area contributed by atoms with Gasteiger partial charge in [0.25, 0.3) is 0 Å². The number of aryl methyl sites for hydroxylation is 1. The first-order chi connectivity index (χ1) is 12.0. The molecule has 0 aliphatic carbocycles. The number of aromatic hydroxyl groups is 1. The van der Waals surface area contributed by atoms with Gasteiger partial charge in [-0.1, -0.05) is 60.2 Å². The number of hydrogen-bond acceptors (Lipinski definition) is 2. The second kappa shape index (κ2) is 5.74. The number of hydrogen-bond donors (Lipinski definition) is 2. The van der Waals surface area contributed by atoms with Gasteiger partial charge in [0.2, 0.25) is 5.91 Å². The number of rotatable bonds is 2. The van der Waals surface area contributed by atoms with Crippen LogP contribution in [0.25, 0.3) is 0 Å². The predicted molar refractivity (Wildman–Crippen MR) is 102 cm³/mol. The Bertz CT molecular complexity index is 984. The second-order valence-electron chi connectivity index (χ2n) is 6.25. The maximum Gasteiger partial charge on any atom is 0.244 e. The minimum Gasteiger partial charge on any atom is -0.508 e. The summed E-state index contributed by atoms with van der Waals surface area (Å²) in [6, 6.07) is 20.7. The molecule has 0 radical (unpaired) electrons. The van der Waals surface area contributed by atoms with Gasteiger partial charge in [-0.15, -0.1) is 0 Å². The average molecular weight is 394 g/mol. The molecule has 0 saturated carbocycles. The highest BCUT2D eigenvalue weighted by Crippen LogP contribution is 2.51. The number of benzene rings is 3. The largest absolute Gasteiger partial charge is 0.508 e. The van der Waals surface area contributed by atoms with E-state index in [2.05, 4.69) is 21.2 Å². The Morgan fingerprint density at radius 1 is 0.960 bits per heavy atom. The summed E-state index contributed by atoms with van der Waals surface area (Å²) in [5, 5.41) is 13.6. The highest BCUT2D eigenvalue weighted by molar-refractivity contribution is 9.10. The highest BCUT2D eigenvalue weighted by Gasteiger charge is 2.51. The van der Waals surface area contributed by atoms with Crippen LogP contribution in [0.1, 0.15) is 22.3 Å². The SMILES string of the molecule is Cc1ccc(O)c([C@@]2(c3ccccc3)C(=O)Nc3c(Br)cccc32)c1. The minimum absolute atomic E-state index is 0.109. The summed E-state index contributed by atoms with van der Waals surface area (Å²) >= 11 is 3.53. The summed E-state index contributed by atoms with van der Waals surface area (Å²) in [5.74, 6) is -0.0565. The summed E-state index contributed by atoms with van der Waals surface area (Å²) in [7, 11) is 0. The predicted octanol–water partition coefficient (Wildman–Crippen LogP) is 4.75. The van der Waals surface area contributed by atoms with Crippen LogP contribution in [0, 0.1) is 6.92 Å². The Labute approximate surface area is 154 Å². The molecule has 4 heteroatoms. The van der Waals surface area contributed by atoms with Crippen LogP contribution < -0.4 is 5.32 Å². The van der Waals surface area contributed by atoms with Crippen LogP contribution in [0.15, 0.2) is 71.2 Å². The molecular formula is C21H16BrNO2. The molecular weight excluding hydrogens is 378 g/mol. The van der Waals surface area contributed by atoms with E-state index in [0.717, 1.165) is 26.9 Å². The van der Waals surface area contributed by atoms with E-state index in [1.165, 1.54) is 0 Å². The van der Waals surface area contributed by atoms with Crippen molar-refractivity contribution in [3.63, 3.8) is 0 Å². The van der Waals surface area contributed by atoms with Crippen molar-refractivity contribution in [2.45, 2.75) is 12.3 Å². The quantitative estimate of drug-likeness (QED) is 0.659. The highest BCUT2D eigenvalue weighted by atomic mass is 79.9. The average Bonchev–Trinajstić information content (AvgIpc) is 2.92. The topological polar surface area (TPSA) is 49.3 Å². The lowest BCUT2D eigenvalue weighted by Gasteiger charge is -2.30. The van der Waals surface area contributed by atoms with Crippen molar-refractivity contribution in [3.05, 3.63) is 93.5 Å². The van der Waals surface area contributed by atoms with Crippen molar-refractivity contribution in [1.82, 2.24) is 0 Å². The standard InChI is InChI=1S/C21H16BrNO2/c1-13-10-11-18(24)16(12-13)21(14-6-3-2-4-7-14)15-8-5-9-17(22)19(15)23-20(21)25/h2-12,24H,1H3,(H,23,25)/t21-/m0/s1. The first kappa shape index (κ1) is 15.9. The molecule has 1 amide bonds. The number of carbonyl (C=O) groups is 1. The van der Waals surface area contributed by atoms with Crippen LogP contribution >= 0.6 is 15.9 Å². The van der Waals surface area contributed by atoms with Crippen LogP contribution in [0.3, 0.4) is 0 Å². The Balaban J connectivity index is 2.15. The van der Waals surface area contributed by atoms with Gasteiger partial charge in [-0.25, -0.2) is 0 Å². The molecule has 1 aliphatic rings. The summed E-state index contributed by atoms with van der Waals surface area (Å²) in [6.07, 6.45) is 0. The van der Waals surface area contributed by atoms with E-state index in [1.54, 1.807) is 6.07 Å². The van der Waals surface area contributed by atoms with E-state index in [0.29, 0.717) is 5.56 Å². The lowest BCUT2D eigenvalue weighted by Crippen LogP contribution is -2.37. The molecule has 4 rings (SSSR count). The summed E-state index contributed by atoms with van der Waals surface area (Å²) in [6.45, 7) is 1.95. The van der Waals surface area contributed by atoms with Gasteiger partial charge in [-0.2, -0.15) is 0 Å². The smallest absolute Gasteiger partial charge is 0.244 e. The molecule has 2 N–H and O–H groups in total. The monoisotopic (exact) mass is 393 g/mol. The van der Waals surface area contributed by atoms with Crippen molar-refractivity contribution in [1.29, 1.82) is 0 Å². The first-order valence-corrected chi connectivity index (χ1v) is 8.80. The van der Waals surface area contributed by atoms with Gasteiger partial charge in [0.1, 0.15) is 11.2 Å². The van der Waals surface area contributed by atoms with Gasteiger partial charge >= 0.3 is 0 Å². The fourth-order valence-electron chi connectivity index (χ4n) is 3.64. The van der Waals surface area contributed by atoms with Gasteiger partial charge in [0, 0.05) is 15.6 Å². The molecule has 25 heavy (non-hydrogen) atoms. The molecule has 1 aliphatic heterocycles. The molecule has 3 nitrogen and oxygen atoms in total. The van der Waals surface area contributed by atoms with Crippen molar-refractivity contribution in [2.24, 2.45) is 0 Å². The zero-order valence-electron chi connectivity index (χ0n) is 13.6. The third-order valence-electron chi connectivity index (χ3n) is 4.76. The molecule has 0 saturated heterocycles. The van der Waals surface area contributed by atoms with E-state index in [9.17, 15) is 9.90 Å². The van der Waals surface area contributed by atoms with Crippen molar-refractivity contribution in [2.75, 3.05) is 5.32 Å². The van der Waals surface area contributed by atoms with Crippen molar-refractivity contribution in [3.8, 4) is 5.75 Å². The minimum atomic E-state index is -1.09. The van der Waals surface area contributed by atoms with Gasteiger partial charge in [0.05, 0.1) is 5.69 Å². The van der Waals surface area contributed by atoms with E-state index < -0.39 is 5.41 Å². The lowest BCUT2D eigenvalue weighted by atomic mass is 9.69. The van der Waals surface area contributed by atoms with E-state index in [-0.39, 0.29) is 11.7 Å². The number of amides is 1. The van der Waals surface area contributed by atoms with Crippen molar-refractivity contribution < 1.29 is 9.90 Å². The van der Waals surface area contributed by atoms with Crippen LogP contribution in [0.4, 0.5) is 5.69 Å². The molecule has 0 fully saturated rings. The number of nitrogens with one attached hydrogen (secondary N) is 1. The summed E-state index contributed by atoms with van der Waals surface area (Å²) in [5.41, 5.74) is 2.89. The molecule has 3 aromatic carbocycles. The van der Waals surface area contributed by atoms with E-state index >= 15 is 0 Å². The third-order valence-corrected chi connectivity index (χ3v) is 5.42. The summed E-state index contributed by atoms with van der Waals surface area (Å²) in [4.78, 5) is 13.3. The zero-order chi connectivity index (χ0) is 17.6. The van der Waals surface area contributed by atoms with Gasteiger partial charge < -0.3 is 10.4 Å². The van der Waals surface area contributed by atoms with Gasteiger partial charge in [-0.3, -0.25) is 4.79 Å². The van der Waals surface area contributed by atoms with Crippen LogP contribution in [0.2, 0.25) is 0 Å². The number of phenols is 1. The molecule has 1 atom stereocenters. The number of anilines is 1. The molecule has 1 heterocycles. The fourth-order valence-corrected chi connectivity index (χ4v) is 4.11. The van der Waals surface area contributed by atoms with Gasteiger partial charge in [0.15, 0.2) is 0 Å². The Hall–Kier alpha value is -2.59. The number of carbonyl (C=O) groups excluding carboxylic acids is 1. The molecule has 0 aromatic heterocycles. The maximum atomic E-state index is 13.3. The lowest BCUT2D eigenvalue weighted by molar-refractivity contribution is -0.118. The number of halogens is 1. The normalized spacial score (nSPS) is 18.7. The van der Waals surface area contributed by atoms with Crippen LogP contribution in [-0.2, 0) is 10.2 Å². The van der Waals surface area contributed by atoms with E-state index in [4.69, 9.17) is 0 Å². The maximum absolute atomic E-state index is 13.3. The molecule has 0 unspecified atom stereocenters. The van der Waals surface area contributed by atoms with Gasteiger partial charge in [-0.05, 0) is 40.5 Å². The molecule has 0 bridgehead atoms. The first-order valence-electron chi connectivity index (χ1n) is 8.01. The molecule has 0 spiro atoms. The van der Waals surface area contributed by atoms with E-state index in [1.807, 2.05) is 67.6 Å².